The number of rotatable bonds is 5. The van der Waals surface area contributed by atoms with Crippen LogP contribution in [0.1, 0.15) is 33.1 Å². The minimum absolute atomic E-state index is 0.399. The number of carbonyl (C=O) groups is 1. The minimum Gasteiger partial charge on any atom is -0.478 e. The van der Waals surface area contributed by atoms with E-state index in [9.17, 15) is 4.79 Å². The maximum absolute atomic E-state index is 10.8. The van der Waals surface area contributed by atoms with Crippen molar-refractivity contribution in [2.45, 2.75) is 33.1 Å². The molecule has 1 fully saturated rings. The topological polar surface area (TPSA) is 40.5 Å². The number of nitrogens with zero attached hydrogens (tertiary/aromatic N) is 1. The smallest absolute Gasteiger partial charge is 0.330 e. The SMILES string of the molecule is CC=C[C@@H](C)CC(=CC(=O)O)N1CCCC1. The first kappa shape index (κ1) is 12.8. The molecule has 1 rings (SSSR count). The summed E-state index contributed by atoms with van der Waals surface area (Å²) in [7, 11) is 0. The summed E-state index contributed by atoms with van der Waals surface area (Å²) in [6, 6.07) is 0. The Kier molecular flexibility index (Phi) is 5.09. The summed E-state index contributed by atoms with van der Waals surface area (Å²) in [4.78, 5) is 13.0. The first-order valence-electron chi connectivity index (χ1n) is 5.94. The van der Waals surface area contributed by atoms with E-state index >= 15 is 0 Å². The molecule has 3 heteroatoms. The Hall–Kier alpha value is -1.25. The summed E-state index contributed by atoms with van der Waals surface area (Å²) in [5.41, 5.74) is 0.968. The zero-order valence-corrected chi connectivity index (χ0v) is 10.1. The zero-order chi connectivity index (χ0) is 12.0. The van der Waals surface area contributed by atoms with E-state index < -0.39 is 5.97 Å². The third kappa shape index (κ3) is 4.09. The summed E-state index contributed by atoms with van der Waals surface area (Å²) in [5.74, 6) is -0.439. The maximum Gasteiger partial charge on any atom is 0.330 e. The first-order chi connectivity index (χ1) is 7.63. The molecule has 1 aliphatic rings. The van der Waals surface area contributed by atoms with Crippen molar-refractivity contribution in [2.24, 2.45) is 5.92 Å². The highest BCUT2D eigenvalue weighted by Crippen LogP contribution is 2.21. The maximum atomic E-state index is 10.8. The van der Waals surface area contributed by atoms with E-state index in [0.29, 0.717) is 5.92 Å². The molecule has 90 valence electrons. The fourth-order valence-electron chi connectivity index (χ4n) is 2.15. The standard InChI is InChI=1S/C13H21NO2/c1-3-6-11(2)9-12(10-13(15)16)14-7-4-5-8-14/h3,6,10-11H,4-5,7-9H2,1-2H3,(H,15,16)/t11-/m1/s1. The molecule has 0 spiro atoms. The summed E-state index contributed by atoms with van der Waals surface area (Å²) in [6.07, 6.45) is 8.67. The van der Waals surface area contributed by atoms with E-state index in [2.05, 4.69) is 17.9 Å². The lowest BCUT2D eigenvalue weighted by atomic mass is 10.0. The van der Waals surface area contributed by atoms with Crippen LogP contribution in [0.3, 0.4) is 0 Å². The number of carboxylic acids is 1. The molecule has 0 aromatic heterocycles. The number of hydrogen-bond acceptors (Lipinski definition) is 2. The van der Waals surface area contributed by atoms with Crippen molar-refractivity contribution in [3.8, 4) is 0 Å². The van der Waals surface area contributed by atoms with Gasteiger partial charge in [-0.25, -0.2) is 4.79 Å². The Labute approximate surface area is 97.4 Å². The minimum atomic E-state index is -0.838. The van der Waals surface area contributed by atoms with Gasteiger partial charge in [0, 0.05) is 24.9 Å². The molecular formula is C13H21NO2. The van der Waals surface area contributed by atoms with Crippen molar-refractivity contribution in [1.82, 2.24) is 4.90 Å². The van der Waals surface area contributed by atoms with Gasteiger partial charge in [0.05, 0.1) is 0 Å². The van der Waals surface area contributed by atoms with E-state index in [1.807, 2.05) is 13.0 Å². The second-order valence-corrected chi connectivity index (χ2v) is 4.38. The van der Waals surface area contributed by atoms with Crippen molar-refractivity contribution >= 4 is 5.97 Å². The number of hydrogen-bond donors (Lipinski definition) is 1. The van der Waals surface area contributed by atoms with Gasteiger partial charge in [-0.15, -0.1) is 0 Å². The fourth-order valence-corrected chi connectivity index (χ4v) is 2.15. The summed E-state index contributed by atoms with van der Waals surface area (Å²) < 4.78 is 0. The Bertz CT molecular complexity index is 288. The molecule has 0 saturated carbocycles. The largest absolute Gasteiger partial charge is 0.478 e. The van der Waals surface area contributed by atoms with Crippen LogP contribution < -0.4 is 0 Å². The zero-order valence-electron chi connectivity index (χ0n) is 10.1. The molecule has 0 amide bonds. The Morgan fingerprint density at radius 2 is 2.06 bits per heavy atom. The van der Waals surface area contributed by atoms with Crippen LogP contribution in [0, 0.1) is 5.92 Å². The summed E-state index contributed by atoms with van der Waals surface area (Å²) in [6.45, 7) is 6.11. The molecule has 0 aromatic carbocycles. The molecule has 0 unspecified atom stereocenters. The van der Waals surface area contributed by atoms with E-state index in [-0.39, 0.29) is 0 Å². The van der Waals surface area contributed by atoms with Crippen LogP contribution in [0.25, 0.3) is 0 Å². The Balaban J connectivity index is 2.67. The molecule has 16 heavy (non-hydrogen) atoms. The second kappa shape index (κ2) is 6.36. The molecule has 1 N–H and O–H groups in total. The molecule has 0 aliphatic carbocycles. The number of likely N-dealkylation sites (tertiary alicyclic amines) is 1. The van der Waals surface area contributed by atoms with Crippen molar-refractivity contribution in [3.63, 3.8) is 0 Å². The highest BCUT2D eigenvalue weighted by atomic mass is 16.4. The van der Waals surface area contributed by atoms with E-state index in [0.717, 1.165) is 25.2 Å². The lowest BCUT2D eigenvalue weighted by Crippen LogP contribution is -2.21. The van der Waals surface area contributed by atoms with Crippen molar-refractivity contribution in [2.75, 3.05) is 13.1 Å². The molecule has 1 saturated heterocycles. The van der Waals surface area contributed by atoms with Crippen LogP contribution in [0.4, 0.5) is 0 Å². The lowest BCUT2D eigenvalue weighted by molar-refractivity contribution is -0.131. The number of aliphatic carboxylic acids is 1. The van der Waals surface area contributed by atoms with Gasteiger partial charge in [0.2, 0.25) is 0 Å². The van der Waals surface area contributed by atoms with Gasteiger partial charge < -0.3 is 10.0 Å². The van der Waals surface area contributed by atoms with Crippen molar-refractivity contribution in [3.05, 3.63) is 23.9 Å². The van der Waals surface area contributed by atoms with Crippen LogP contribution in [0.5, 0.6) is 0 Å². The molecule has 0 aromatic rings. The molecule has 1 atom stereocenters. The van der Waals surface area contributed by atoms with Crippen molar-refractivity contribution in [1.29, 1.82) is 0 Å². The first-order valence-corrected chi connectivity index (χ1v) is 5.94. The predicted molar refractivity (Wildman–Crippen MR) is 65.1 cm³/mol. The highest BCUT2D eigenvalue weighted by Gasteiger charge is 2.17. The van der Waals surface area contributed by atoms with E-state index in [1.165, 1.54) is 18.9 Å². The van der Waals surface area contributed by atoms with Crippen LogP contribution in [-0.2, 0) is 4.79 Å². The van der Waals surface area contributed by atoms with Crippen LogP contribution >= 0.6 is 0 Å². The van der Waals surface area contributed by atoms with Crippen LogP contribution in [0.15, 0.2) is 23.9 Å². The molecule has 0 radical (unpaired) electrons. The number of carboxylic acid groups (broad SMARTS) is 1. The molecule has 1 heterocycles. The van der Waals surface area contributed by atoms with Crippen molar-refractivity contribution < 1.29 is 9.90 Å². The lowest BCUT2D eigenvalue weighted by Gasteiger charge is -2.22. The number of allylic oxidation sites excluding steroid dienone is 3. The predicted octanol–water partition coefficient (Wildman–Crippen LogP) is 2.65. The van der Waals surface area contributed by atoms with E-state index in [1.54, 1.807) is 0 Å². The van der Waals surface area contributed by atoms with Gasteiger partial charge in [-0.1, -0.05) is 19.1 Å². The fraction of sp³-hybridized carbons (Fsp3) is 0.615. The highest BCUT2D eigenvalue weighted by molar-refractivity contribution is 5.80. The molecule has 3 nitrogen and oxygen atoms in total. The van der Waals surface area contributed by atoms with E-state index in [4.69, 9.17) is 5.11 Å². The average Bonchev–Trinajstić information content (AvgIpc) is 2.68. The third-order valence-electron chi connectivity index (χ3n) is 2.85. The van der Waals surface area contributed by atoms with Gasteiger partial charge in [0.25, 0.3) is 0 Å². The average molecular weight is 223 g/mol. The van der Waals surface area contributed by atoms with Crippen LogP contribution in [-0.4, -0.2) is 29.1 Å². The Morgan fingerprint density at radius 1 is 1.44 bits per heavy atom. The summed E-state index contributed by atoms with van der Waals surface area (Å²) in [5, 5.41) is 8.87. The van der Waals surface area contributed by atoms with Gasteiger partial charge in [-0.05, 0) is 32.1 Å². The second-order valence-electron chi connectivity index (χ2n) is 4.38. The van der Waals surface area contributed by atoms with Gasteiger partial charge in [0.1, 0.15) is 0 Å². The Morgan fingerprint density at radius 3 is 2.56 bits per heavy atom. The third-order valence-corrected chi connectivity index (χ3v) is 2.85. The monoisotopic (exact) mass is 223 g/mol. The quantitative estimate of drug-likeness (QED) is 0.575. The van der Waals surface area contributed by atoms with Gasteiger partial charge >= 0.3 is 5.97 Å². The normalized spacial score (nSPS) is 19.4. The molecule has 1 aliphatic heterocycles. The summed E-state index contributed by atoms with van der Waals surface area (Å²) >= 11 is 0. The molecule has 0 bridgehead atoms. The van der Waals surface area contributed by atoms with Crippen LogP contribution in [0.2, 0.25) is 0 Å². The van der Waals surface area contributed by atoms with Gasteiger partial charge in [-0.2, -0.15) is 0 Å². The van der Waals surface area contributed by atoms with Gasteiger partial charge in [-0.3, -0.25) is 0 Å². The molecular weight excluding hydrogens is 202 g/mol. The van der Waals surface area contributed by atoms with Gasteiger partial charge in [0.15, 0.2) is 0 Å².